The molecule has 112 valence electrons. The molecular weight excluding hydrogens is 314 g/mol. The summed E-state index contributed by atoms with van der Waals surface area (Å²) < 4.78 is 0.867. The van der Waals surface area contributed by atoms with Crippen molar-refractivity contribution in [1.29, 1.82) is 0 Å². The molecule has 1 heterocycles. The van der Waals surface area contributed by atoms with Crippen molar-refractivity contribution < 1.29 is 9.59 Å². The maximum absolute atomic E-state index is 12.6. The summed E-state index contributed by atoms with van der Waals surface area (Å²) in [6, 6.07) is 7.03. The topological polar surface area (TPSA) is 47.0 Å². The summed E-state index contributed by atoms with van der Waals surface area (Å²) in [5.41, 5.74) is 1.35. The van der Waals surface area contributed by atoms with Crippen LogP contribution in [0.1, 0.15) is 63.4 Å². The van der Waals surface area contributed by atoms with E-state index in [9.17, 15) is 9.59 Å². The van der Waals surface area contributed by atoms with E-state index in [4.69, 9.17) is 0 Å². The first-order chi connectivity index (χ1) is 10.7. The van der Waals surface area contributed by atoms with E-state index in [0.717, 1.165) is 4.34 Å². The molecule has 4 rings (SSSR count). The van der Waals surface area contributed by atoms with E-state index in [1.54, 1.807) is 36.0 Å². The van der Waals surface area contributed by atoms with Crippen LogP contribution in [-0.2, 0) is 0 Å². The Kier molecular flexibility index (Phi) is 3.62. The van der Waals surface area contributed by atoms with Crippen LogP contribution in [0.15, 0.2) is 28.6 Å². The van der Waals surface area contributed by atoms with Crippen LogP contribution in [0.3, 0.4) is 0 Å². The molecule has 0 atom stereocenters. The lowest BCUT2D eigenvalue weighted by atomic mass is 9.92. The highest BCUT2D eigenvalue weighted by molar-refractivity contribution is 8.01. The second-order valence-corrected chi connectivity index (χ2v) is 8.29. The fourth-order valence-corrected chi connectivity index (χ4v) is 5.71. The van der Waals surface area contributed by atoms with Crippen molar-refractivity contribution >= 4 is 34.7 Å². The smallest absolute Gasteiger partial charge is 0.213 e. The maximum Gasteiger partial charge on any atom is 0.213 e. The minimum absolute atomic E-state index is 0.0572. The first-order valence-corrected chi connectivity index (χ1v) is 9.29. The summed E-state index contributed by atoms with van der Waals surface area (Å²) in [5, 5.41) is 0.578. The summed E-state index contributed by atoms with van der Waals surface area (Å²) >= 11 is 3.13. The molecule has 1 saturated carbocycles. The van der Waals surface area contributed by atoms with Crippen LogP contribution >= 0.6 is 23.1 Å². The summed E-state index contributed by atoms with van der Waals surface area (Å²) in [7, 11) is 0. The fraction of sp³-hybridized carbons (Fsp3) is 0.353. The van der Waals surface area contributed by atoms with Gasteiger partial charge >= 0.3 is 0 Å². The molecule has 0 amide bonds. The number of nitrogens with zero attached hydrogens (tertiary/aromatic N) is 1. The van der Waals surface area contributed by atoms with Gasteiger partial charge < -0.3 is 0 Å². The fourth-order valence-electron chi connectivity index (χ4n) is 3.11. The molecule has 1 fully saturated rings. The molecule has 0 saturated heterocycles. The molecule has 2 aromatic rings. The van der Waals surface area contributed by atoms with E-state index in [-0.39, 0.29) is 11.6 Å². The summed E-state index contributed by atoms with van der Waals surface area (Å²) in [4.78, 5) is 30.1. The van der Waals surface area contributed by atoms with Gasteiger partial charge in [-0.1, -0.05) is 55.3 Å². The van der Waals surface area contributed by atoms with Crippen LogP contribution in [0.4, 0.5) is 0 Å². The third kappa shape index (κ3) is 2.32. The highest BCUT2D eigenvalue weighted by Crippen LogP contribution is 2.39. The number of thiazole rings is 1. The number of benzene rings is 1. The van der Waals surface area contributed by atoms with Gasteiger partial charge in [0.15, 0.2) is 4.34 Å². The number of hydrogen-bond acceptors (Lipinski definition) is 5. The number of ketones is 2. The van der Waals surface area contributed by atoms with Crippen molar-refractivity contribution in [1.82, 2.24) is 4.98 Å². The Hall–Kier alpha value is -1.46. The second kappa shape index (κ2) is 5.63. The number of fused-ring (bicyclic) bond motifs is 2. The molecule has 22 heavy (non-hydrogen) atoms. The molecule has 0 radical (unpaired) electrons. The van der Waals surface area contributed by atoms with E-state index in [2.05, 4.69) is 4.98 Å². The van der Waals surface area contributed by atoms with Crippen molar-refractivity contribution in [2.75, 3.05) is 0 Å². The molecule has 2 aliphatic carbocycles. The van der Waals surface area contributed by atoms with Gasteiger partial charge in [-0.05, 0) is 12.8 Å². The normalized spacial score (nSPS) is 18.2. The highest BCUT2D eigenvalue weighted by atomic mass is 32.2. The molecular formula is C17H15NO2S2. The van der Waals surface area contributed by atoms with Gasteiger partial charge in [0.05, 0.1) is 0 Å². The highest BCUT2D eigenvalue weighted by Gasteiger charge is 2.33. The zero-order valence-corrected chi connectivity index (χ0v) is 13.6. The van der Waals surface area contributed by atoms with Crippen molar-refractivity contribution in [3.05, 3.63) is 46.0 Å². The van der Waals surface area contributed by atoms with Crippen molar-refractivity contribution in [3.8, 4) is 0 Å². The number of carbonyl (C=O) groups is 2. The number of thioether (sulfide) groups is 1. The van der Waals surface area contributed by atoms with Gasteiger partial charge in [-0.2, -0.15) is 0 Å². The van der Waals surface area contributed by atoms with E-state index >= 15 is 0 Å². The molecule has 0 N–H and O–H groups in total. The molecule has 0 aliphatic heterocycles. The van der Waals surface area contributed by atoms with Crippen LogP contribution in [0.5, 0.6) is 0 Å². The number of rotatable bonds is 2. The van der Waals surface area contributed by atoms with Crippen molar-refractivity contribution in [2.24, 2.45) is 0 Å². The monoisotopic (exact) mass is 329 g/mol. The average Bonchev–Trinajstić information content (AvgIpc) is 2.98. The number of aromatic nitrogens is 1. The zero-order chi connectivity index (χ0) is 15.1. The Balaban J connectivity index is 1.67. The molecule has 2 aliphatic rings. The lowest BCUT2D eigenvalue weighted by molar-refractivity contribution is 0.0979. The summed E-state index contributed by atoms with van der Waals surface area (Å²) in [6.45, 7) is 0. The van der Waals surface area contributed by atoms with E-state index in [0.29, 0.717) is 26.9 Å². The predicted octanol–water partition coefficient (Wildman–Crippen LogP) is 4.34. The minimum atomic E-state index is -0.114. The number of hydrogen-bond donors (Lipinski definition) is 0. The second-order valence-electron chi connectivity index (χ2n) is 5.74. The molecule has 0 bridgehead atoms. The van der Waals surface area contributed by atoms with Gasteiger partial charge in [0, 0.05) is 16.4 Å². The van der Waals surface area contributed by atoms with E-state index in [1.165, 1.54) is 43.4 Å². The molecule has 1 aromatic heterocycles. The Bertz CT molecular complexity index is 707. The zero-order valence-electron chi connectivity index (χ0n) is 12.0. The first-order valence-electron chi connectivity index (χ1n) is 7.60. The van der Waals surface area contributed by atoms with Crippen molar-refractivity contribution in [3.63, 3.8) is 0 Å². The van der Waals surface area contributed by atoms with Crippen molar-refractivity contribution in [2.45, 2.75) is 41.7 Å². The molecule has 3 nitrogen and oxygen atoms in total. The molecule has 1 aromatic carbocycles. The summed E-state index contributed by atoms with van der Waals surface area (Å²) in [6.07, 6.45) is 6.27. The molecule has 0 spiro atoms. The Morgan fingerprint density at radius 1 is 1.00 bits per heavy atom. The largest absolute Gasteiger partial charge is 0.288 e. The SMILES string of the molecule is O=C1c2ccccc2C(=O)c2sc(SC3CCCCC3)nc21. The minimum Gasteiger partial charge on any atom is -0.288 e. The van der Waals surface area contributed by atoms with Crippen LogP contribution in [0.2, 0.25) is 0 Å². The van der Waals surface area contributed by atoms with Crippen LogP contribution in [0, 0.1) is 0 Å². The quantitative estimate of drug-likeness (QED) is 0.701. The van der Waals surface area contributed by atoms with Gasteiger partial charge in [0.2, 0.25) is 11.6 Å². The first kappa shape index (κ1) is 14.2. The third-order valence-electron chi connectivity index (χ3n) is 4.26. The average molecular weight is 329 g/mol. The van der Waals surface area contributed by atoms with E-state index < -0.39 is 0 Å². The number of carbonyl (C=O) groups excluding carboxylic acids is 2. The van der Waals surface area contributed by atoms with Crippen LogP contribution < -0.4 is 0 Å². The molecule has 0 unspecified atom stereocenters. The van der Waals surface area contributed by atoms with Gasteiger partial charge in [0.1, 0.15) is 10.6 Å². The lowest BCUT2D eigenvalue weighted by Crippen LogP contribution is -2.19. The predicted molar refractivity (Wildman–Crippen MR) is 88.2 cm³/mol. The third-order valence-corrected chi connectivity index (χ3v) is 6.75. The van der Waals surface area contributed by atoms with Crippen LogP contribution in [-0.4, -0.2) is 21.8 Å². The standard InChI is InChI=1S/C17H15NO2S2/c19-14-11-8-4-5-9-12(11)15(20)16-13(14)18-17(22-16)21-10-6-2-1-3-7-10/h4-5,8-10H,1-3,6-7H2. The Morgan fingerprint density at radius 3 is 2.41 bits per heavy atom. The maximum atomic E-state index is 12.6. The van der Waals surface area contributed by atoms with Crippen LogP contribution in [0.25, 0.3) is 0 Å². The van der Waals surface area contributed by atoms with Gasteiger partial charge in [-0.15, -0.1) is 11.3 Å². The Labute approximate surface area is 137 Å². The Morgan fingerprint density at radius 2 is 1.68 bits per heavy atom. The summed E-state index contributed by atoms with van der Waals surface area (Å²) in [5.74, 6) is -0.171. The lowest BCUT2D eigenvalue weighted by Gasteiger charge is -2.19. The molecule has 5 heteroatoms. The van der Waals surface area contributed by atoms with Gasteiger partial charge in [0.25, 0.3) is 0 Å². The van der Waals surface area contributed by atoms with Gasteiger partial charge in [-0.25, -0.2) is 4.98 Å². The van der Waals surface area contributed by atoms with E-state index in [1.807, 2.05) is 0 Å². The van der Waals surface area contributed by atoms with Gasteiger partial charge in [-0.3, -0.25) is 9.59 Å².